The summed E-state index contributed by atoms with van der Waals surface area (Å²) in [5.74, 6) is -1.40. The molecule has 0 N–H and O–H groups in total. The quantitative estimate of drug-likeness (QED) is 0.680. The first kappa shape index (κ1) is 18.3. The smallest absolute Gasteiger partial charge is 0.303 e. The Kier molecular flexibility index (Phi) is 4.71. The maximum Gasteiger partial charge on any atom is 0.303 e. The summed E-state index contributed by atoms with van der Waals surface area (Å²) in [5, 5.41) is 0. The number of rotatable bonds is 2. The summed E-state index contributed by atoms with van der Waals surface area (Å²) in [6, 6.07) is 0. The molecule has 0 amide bonds. The summed E-state index contributed by atoms with van der Waals surface area (Å²) >= 11 is 0. The molecule has 5 aliphatic rings. The fourth-order valence-corrected chi connectivity index (χ4v) is 5.40. The van der Waals surface area contributed by atoms with Crippen molar-refractivity contribution >= 4 is 5.97 Å². The highest BCUT2D eigenvalue weighted by atomic mass is 16.9. The van der Waals surface area contributed by atoms with Gasteiger partial charge in [0.05, 0.1) is 6.61 Å². The molecule has 3 heterocycles. The SMILES string of the molecule is CC(=O)O[C@H]1[C@@H]2OC3(CCCCC3)O[C@@H]2O[C@@H]1[C@H]1COC2(CCCCC2)O1. The second kappa shape index (κ2) is 6.95. The van der Waals surface area contributed by atoms with E-state index < -0.39 is 36.2 Å². The lowest BCUT2D eigenvalue weighted by Gasteiger charge is -2.35. The van der Waals surface area contributed by atoms with E-state index in [0.717, 1.165) is 51.4 Å². The fraction of sp³-hybridized carbons (Fsp3) is 0.950. The van der Waals surface area contributed by atoms with Crippen LogP contribution in [0.4, 0.5) is 0 Å². The number of fused-ring (bicyclic) bond motifs is 1. The molecule has 2 spiro atoms. The molecule has 5 rings (SSSR count). The van der Waals surface area contributed by atoms with Gasteiger partial charge >= 0.3 is 5.97 Å². The Morgan fingerprint density at radius 1 is 0.852 bits per heavy atom. The van der Waals surface area contributed by atoms with Crippen molar-refractivity contribution in [2.75, 3.05) is 6.61 Å². The molecule has 0 radical (unpaired) electrons. The third kappa shape index (κ3) is 3.31. The van der Waals surface area contributed by atoms with Gasteiger partial charge in [-0.05, 0) is 25.7 Å². The van der Waals surface area contributed by atoms with Crippen molar-refractivity contribution in [3.8, 4) is 0 Å². The molecule has 3 saturated heterocycles. The minimum Gasteiger partial charge on any atom is -0.457 e. The zero-order valence-corrected chi connectivity index (χ0v) is 16.0. The largest absolute Gasteiger partial charge is 0.457 e. The molecular formula is C20H30O7. The predicted molar refractivity (Wildman–Crippen MR) is 92.6 cm³/mol. The summed E-state index contributed by atoms with van der Waals surface area (Å²) in [5.41, 5.74) is 0. The maximum absolute atomic E-state index is 11.8. The van der Waals surface area contributed by atoms with E-state index in [1.54, 1.807) is 0 Å². The summed E-state index contributed by atoms with van der Waals surface area (Å²) in [6.45, 7) is 1.87. The first-order chi connectivity index (χ1) is 13.1. The van der Waals surface area contributed by atoms with E-state index in [2.05, 4.69) is 0 Å². The molecule has 0 aromatic heterocycles. The van der Waals surface area contributed by atoms with Crippen LogP contribution in [0.2, 0.25) is 0 Å². The van der Waals surface area contributed by atoms with Crippen molar-refractivity contribution in [2.24, 2.45) is 0 Å². The van der Waals surface area contributed by atoms with E-state index >= 15 is 0 Å². The van der Waals surface area contributed by atoms with Gasteiger partial charge in [0.25, 0.3) is 0 Å². The highest BCUT2D eigenvalue weighted by molar-refractivity contribution is 5.66. The molecular weight excluding hydrogens is 352 g/mol. The van der Waals surface area contributed by atoms with Crippen LogP contribution in [0.25, 0.3) is 0 Å². The Morgan fingerprint density at radius 3 is 2.19 bits per heavy atom. The Hall–Kier alpha value is -0.730. The van der Waals surface area contributed by atoms with Gasteiger partial charge in [0, 0.05) is 32.6 Å². The topological polar surface area (TPSA) is 72.5 Å². The number of carbonyl (C=O) groups is 1. The Labute approximate surface area is 159 Å². The van der Waals surface area contributed by atoms with Gasteiger partial charge < -0.3 is 28.4 Å². The van der Waals surface area contributed by atoms with Gasteiger partial charge in [0.15, 0.2) is 30.1 Å². The Morgan fingerprint density at radius 2 is 1.52 bits per heavy atom. The first-order valence-electron chi connectivity index (χ1n) is 10.6. The third-order valence-electron chi connectivity index (χ3n) is 6.66. The molecule has 7 nitrogen and oxygen atoms in total. The van der Waals surface area contributed by atoms with E-state index in [-0.39, 0.29) is 12.1 Å². The summed E-state index contributed by atoms with van der Waals surface area (Å²) in [4.78, 5) is 11.8. The molecule has 27 heavy (non-hydrogen) atoms. The molecule has 5 fully saturated rings. The summed E-state index contributed by atoms with van der Waals surface area (Å²) in [7, 11) is 0. The number of hydrogen-bond donors (Lipinski definition) is 0. The van der Waals surface area contributed by atoms with E-state index in [1.807, 2.05) is 0 Å². The summed E-state index contributed by atoms with van der Waals surface area (Å²) < 4.78 is 36.8. The average Bonchev–Trinajstić information content (AvgIpc) is 3.29. The number of ether oxygens (including phenoxy) is 6. The van der Waals surface area contributed by atoms with E-state index in [9.17, 15) is 4.79 Å². The minimum atomic E-state index is -0.575. The van der Waals surface area contributed by atoms with Gasteiger partial charge in [0.2, 0.25) is 0 Å². The number of hydrogen-bond acceptors (Lipinski definition) is 7. The minimum absolute atomic E-state index is 0.271. The normalized spacial score (nSPS) is 42.5. The van der Waals surface area contributed by atoms with Crippen molar-refractivity contribution in [1.82, 2.24) is 0 Å². The number of carbonyl (C=O) groups excluding carboxylic acids is 1. The Balaban J connectivity index is 1.31. The van der Waals surface area contributed by atoms with Crippen molar-refractivity contribution in [1.29, 1.82) is 0 Å². The van der Waals surface area contributed by atoms with Gasteiger partial charge in [-0.2, -0.15) is 0 Å². The standard InChI is InChI=1S/C20H30O7/c1-13(21)23-16-15(14-12-22-19(25-14)8-4-2-5-9-19)24-18-17(16)26-20(27-18)10-6-3-7-11-20/h14-18H,2-12H2,1H3/t14-,15-,16-,17+,18+/m1/s1. The highest BCUT2D eigenvalue weighted by Crippen LogP contribution is 2.48. The lowest BCUT2D eigenvalue weighted by atomic mass is 9.94. The van der Waals surface area contributed by atoms with Gasteiger partial charge in [-0.3, -0.25) is 4.79 Å². The van der Waals surface area contributed by atoms with Crippen LogP contribution in [0.1, 0.15) is 71.1 Å². The molecule has 7 heteroatoms. The lowest BCUT2D eigenvalue weighted by Crippen LogP contribution is -2.46. The van der Waals surface area contributed by atoms with Gasteiger partial charge in [-0.25, -0.2) is 0 Å². The first-order valence-corrected chi connectivity index (χ1v) is 10.6. The van der Waals surface area contributed by atoms with Crippen molar-refractivity contribution in [3.63, 3.8) is 0 Å². The lowest BCUT2D eigenvalue weighted by molar-refractivity contribution is -0.261. The van der Waals surface area contributed by atoms with E-state index in [0.29, 0.717) is 6.61 Å². The van der Waals surface area contributed by atoms with Crippen LogP contribution in [0.5, 0.6) is 0 Å². The molecule has 2 saturated carbocycles. The molecule has 0 unspecified atom stereocenters. The van der Waals surface area contributed by atoms with Crippen molar-refractivity contribution in [2.45, 2.75) is 113 Å². The van der Waals surface area contributed by atoms with Crippen LogP contribution >= 0.6 is 0 Å². The van der Waals surface area contributed by atoms with Gasteiger partial charge in [-0.15, -0.1) is 0 Å². The van der Waals surface area contributed by atoms with Gasteiger partial charge in [-0.1, -0.05) is 12.8 Å². The molecule has 3 aliphatic heterocycles. The summed E-state index contributed by atoms with van der Waals surface area (Å²) in [6.07, 6.45) is 8.27. The zero-order valence-electron chi connectivity index (χ0n) is 16.0. The van der Waals surface area contributed by atoms with Crippen LogP contribution in [-0.2, 0) is 33.2 Å². The van der Waals surface area contributed by atoms with Gasteiger partial charge in [0.1, 0.15) is 12.2 Å². The second-order valence-corrected chi connectivity index (χ2v) is 8.65. The monoisotopic (exact) mass is 382 g/mol. The van der Waals surface area contributed by atoms with Crippen LogP contribution in [0, 0.1) is 0 Å². The molecule has 0 bridgehead atoms. The predicted octanol–water partition coefficient (Wildman–Crippen LogP) is 2.79. The molecule has 152 valence electrons. The highest BCUT2D eigenvalue weighted by Gasteiger charge is 2.62. The van der Waals surface area contributed by atoms with Crippen LogP contribution < -0.4 is 0 Å². The van der Waals surface area contributed by atoms with Crippen molar-refractivity contribution < 1.29 is 33.2 Å². The van der Waals surface area contributed by atoms with E-state index in [4.69, 9.17) is 28.4 Å². The zero-order chi connectivity index (χ0) is 18.5. The van der Waals surface area contributed by atoms with Crippen LogP contribution in [0.3, 0.4) is 0 Å². The van der Waals surface area contributed by atoms with Crippen LogP contribution in [-0.4, -0.2) is 54.9 Å². The molecule has 5 atom stereocenters. The third-order valence-corrected chi connectivity index (χ3v) is 6.66. The van der Waals surface area contributed by atoms with Crippen LogP contribution in [0.15, 0.2) is 0 Å². The second-order valence-electron chi connectivity index (χ2n) is 8.65. The number of esters is 1. The molecule has 0 aromatic rings. The molecule has 0 aromatic carbocycles. The van der Waals surface area contributed by atoms with E-state index in [1.165, 1.54) is 19.8 Å². The van der Waals surface area contributed by atoms with Crippen molar-refractivity contribution in [3.05, 3.63) is 0 Å². The fourth-order valence-electron chi connectivity index (χ4n) is 5.40. The Bertz CT molecular complexity index is 567. The average molecular weight is 382 g/mol. The molecule has 2 aliphatic carbocycles. The maximum atomic E-state index is 11.8.